The summed E-state index contributed by atoms with van der Waals surface area (Å²) in [5, 5.41) is 9.04. The summed E-state index contributed by atoms with van der Waals surface area (Å²) in [6.07, 6.45) is 1.45. The molecular weight excluding hydrogens is 310 g/mol. The van der Waals surface area contributed by atoms with Gasteiger partial charge in [-0.25, -0.2) is 9.97 Å². The second-order valence-corrected chi connectivity index (χ2v) is 5.32. The minimum absolute atomic E-state index is 0.132. The molecule has 0 saturated heterocycles. The van der Waals surface area contributed by atoms with E-state index in [1.807, 2.05) is 25.1 Å². The molecule has 0 aliphatic carbocycles. The molecule has 1 unspecified atom stereocenters. The number of carbonyl (C=O) groups is 1. The molecule has 0 fully saturated rings. The number of nitrogens with one attached hydrogen (secondary N) is 3. The Morgan fingerprint density at radius 2 is 2.08 bits per heavy atom. The van der Waals surface area contributed by atoms with E-state index in [4.69, 9.17) is 9.47 Å². The molecule has 1 aromatic heterocycles. The van der Waals surface area contributed by atoms with Gasteiger partial charge in [-0.3, -0.25) is 4.79 Å². The first-order chi connectivity index (χ1) is 11.6. The molecule has 1 aromatic carbocycles. The molecule has 3 N–H and O–H groups in total. The van der Waals surface area contributed by atoms with Crippen LogP contribution >= 0.6 is 0 Å². The van der Waals surface area contributed by atoms with Crippen LogP contribution in [0.4, 0.5) is 17.3 Å². The van der Waals surface area contributed by atoms with Crippen molar-refractivity contribution in [3.8, 4) is 11.5 Å². The zero-order valence-electron chi connectivity index (χ0n) is 13.7. The predicted molar refractivity (Wildman–Crippen MR) is 90.7 cm³/mol. The Labute approximate surface area is 139 Å². The molecule has 3 rings (SSSR count). The number of aromatic nitrogens is 2. The Morgan fingerprint density at radius 1 is 1.25 bits per heavy atom. The molecule has 0 saturated carbocycles. The van der Waals surface area contributed by atoms with Gasteiger partial charge in [0.05, 0.1) is 26.8 Å². The number of nitrogens with zero attached hydrogens (tertiary/aromatic N) is 2. The number of benzene rings is 1. The van der Waals surface area contributed by atoms with Gasteiger partial charge in [-0.15, -0.1) is 0 Å². The summed E-state index contributed by atoms with van der Waals surface area (Å²) in [6.45, 7) is 2.17. The third kappa shape index (κ3) is 3.03. The molecule has 24 heavy (non-hydrogen) atoms. The van der Waals surface area contributed by atoms with Crippen molar-refractivity contribution < 1.29 is 14.3 Å². The van der Waals surface area contributed by atoms with E-state index in [1.54, 1.807) is 14.2 Å². The Balaban J connectivity index is 1.91. The fourth-order valence-electron chi connectivity index (χ4n) is 2.56. The number of ether oxygens (including phenoxy) is 2. The lowest BCUT2D eigenvalue weighted by Crippen LogP contribution is -2.29. The highest BCUT2D eigenvalue weighted by Crippen LogP contribution is 2.34. The predicted octanol–water partition coefficient (Wildman–Crippen LogP) is 2.03. The van der Waals surface area contributed by atoms with Crippen molar-refractivity contribution in [1.29, 1.82) is 0 Å². The molecule has 8 heteroatoms. The topological polar surface area (TPSA) is 97.4 Å². The lowest BCUT2D eigenvalue weighted by Gasteiger charge is -2.23. The van der Waals surface area contributed by atoms with Gasteiger partial charge in [0.1, 0.15) is 23.5 Å². The maximum Gasteiger partial charge on any atom is 0.243 e. The van der Waals surface area contributed by atoms with Crippen LogP contribution in [0.3, 0.4) is 0 Å². The standard InChI is InChI=1S/C16H19N5O3/c1-9(11-6-10(23-2)4-5-12(11)24-3)20-16-14-15(18-8-19-16)17-7-13(22)21-14/h4-6,8-9H,7H2,1-3H3,(H,21,22)(H2,17,18,19,20). The molecule has 1 aliphatic heterocycles. The first-order valence-electron chi connectivity index (χ1n) is 7.49. The average molecular weight is 329 g/mol. The zero-order chi connectivity index (χ0) is 17.1. The molecule has 0 spiro atoms. The monoisotopic (exact) mass is 329 g/mol. The van der Waals surface area contributed by atoms with Crippen LogP contribution in [-0.4, -0.2) is 36.6 Å². The van der Waals surface area contributed by atoms with Gasteiger partial charge in [-0.1, -0.05) is 0 Å². The van der Waals surface area contributed by atoms with Crippen LogP contribution < -0.4 is 25.4 Å². The third-order valence-electron chi connectivity index (χ3n) is 3.78. The number of carbonyl (C=O) groups excluding carboxylic acids is 1. The zero-order valence-corrected chi connectivity index (χ0v) is 13.7. The van der Waals surface area contributed by atoms with Crippen molar-refractivity contribution in [3.05, 3.63) is 30.1 Å². The third-order valence-corrected chi connectivity index (χ3v) is 3.78. The molecule has 1 atom stereocenters. The summed E-state index contributed by atoms with van der Waals surface area (Å²) < 4.78 is 10.7. The quantitative estimate of drug-likeness (QED) is 0.772. The van der Waals surface area contributed by atoms with Crippen LogP contribution in [0.25, 0.3) is 0 Å². The van der Waals surface area contributed by atoms with E-state index in [9.17, 15) is 4.79 Å². The summed E-state index contributed by atoms with van der Waals surface area (Å²) in [5.41, 5.74) is 1.46. The minimum atomic E-state index is -0.132. The Kier molecular flexibility index (Phi) is 4.37. The molecule has 126 valence electrons. The van der Waals surface area contributed by atoms with E-state index in [1.165, 1.54) is 6.33 Å². The van der Waals surface area contributed by atoms with Crippen LogP contribution in [-0.2, 0) is 4.79 Å². The van der Waals surface area contributed by atoms with Crippen molar-refractivity contribution in [2.45, 2.75) is 13.0 Å². The van der Waals surface area contributed by atoms with Crippen LogP contribution in [0.15, 0.2) is 24.5 Å². The van der Waals surface area contributed by atoms with Crippen LogP contribution in [0.1, 0.15) is 18.5 Å². The first kappa shape index (κ1) is 15.9. The van der Waals surface area contributed by atoms with Gasteiger partial charge >= 0.3 is 0 Å². The second kappa shape index (κ2) is 6.61. The highest BCUT2D eigenvalue weighted by Gasteiger charge is 2.21. The van der Waals surface area contributed by atoms with Gasteiger partial charge < -0.3 is 25.4 Å². The van der Waals surface area contributed by atoms with Crippen molar-refractivity contribution in [1.82, 2.24) is 9.97 Å². The van der Waals surface area contributed by atoms with Gasteiger partial charge in [-0.05, 0) is 25.1 Å². The molecule has 2 aromatic rings. The second-order valence-electron chi connectivity index (χ2n) is 5.32. The number of rotatable bonds is 5. The fourth-order valence-corrected chi connectivity index (χ4v) is 2.56. The average Bonchev–Trinajstić information content (AvgIpc) is 2.61. The SMILES string of the molecule is COc1ccc(OC)c(C(C)Nc2ncnc3c2NC(=O)CN3)c1. The maximum atomic E-state index is 11.6. The van der Waals surface area contributed by atoms with Crippen LogP contribution in [0.5, 0.6) is 11.5 Å². The normalized spacial score (nSPS) is 14.0. The highest BCUT2D eigenvalue weighted by molar-refractivity contribution is 6.02. The van der Waals surface area contributed by atoms with Gasteiger partial charge in [0.15, 0.2) is 11.6 Å². The molecule has 1 aliphatic rings. The number of hydrogen-bond donors (Lipinski definition) is 3. The molecule has 0 radical (unpaired) electrons. The highest BCUT2D eigenvalue weighted by atomic mass is 16.5. The Bertz CT molecular complexity index is 765. The van der Waals surface area contributed by atoms with E-state index < -0.39 is 0 Å². The summed E-state index contributed by atoms with van der Waals surface area (Å²) in [4.78, 5) is 20.0. The van der Waals surface area contributed by atoms with E-state index >= 15 is 0 Å². The first-order valence-corrected chi connectivity index (χ1v) is 7.49. The number of amides is 1. The number of fused-ring (bicyclic) bond motifs is 1. The van der Waals surface area contributed by atoms with Gasteiger partial charge in [-0.2, -0.15) is 0 Å². The number of hydrogen-bond acceptors (Lipinski definition) is 7. The largest absolute Gasteiger partial charge is 0.497 e. The van der Waals surface area contributed by atoms with Gasteiger partial charge in [0.25, 0.3) is 0 Å². The van der Waals surface area contributed by atoms with Crippen molar-refractivity contribution in [3.63, 3.8) is 0 Å². The summed E-state index contributed by atoms with van der Waals surface area (Å²) in [6, 6.07) is 5.46. The van der Waals surface area contributed by atoms with Crippen molar-refractivity contribution >= 4 is 23.2 Å². The van der Waals surface area contributed by atoms with Crippen LogP contribution in [0.2, 0.25) is 0 Å². The molecular formula is C16H19N5O3. The molecule has 0 bridgehead atoms. The lowest BCUT2D eigenvalue weighted by molar-refractivity contribution is -0.114. The maximum absolute atomic E-state index is 11.6. The van der Waals surface area contributed by atoms with E-state index in [0.717, 1.165) is 17.1 Å². The van der Waals surface area contributed by atoms with Gasteiger partial charge in [0, 0.05) is 5.56 Å². The molecule has 1 amide bonds. The summed E-state index contributed by atoms with van der Waals surface area (Å²) >= 11 is 0. The molecule has 2 heterocycles. The van der Waals surface area contributed by atoms with E-state index in [0.29, 0.717) is 17.3 Å². The Morgan fingerprint density at radius 3 is 2.83 bits per heavy atom. The van der Waals surface area contributed by atoms with E-state index in [2.05, 4.69) is 25.9 Å². The van der Waals surface area contributed by atoms with Crippen molar-refractivity contribution in [2.75, 3.05) is 36.7 Å². The number of methoxy groups -OCH3 is 2. The summed E-state index contributed by atoms with van der Waals surface area (Å²) in [5.74, 6) is 2.47. The van der Waals surface area contributed by atoms with Crippen molar-refractivity contribution in [2.24, 2.45) is 0 Å². The van der Waals surface area contributed by atoms with E-state index in [-0.39, 0.29) is 18.5 Å². The van der Waals surface area contributed by atoms with Crippen LogP contribution in [0, 0.1) is 0 Å². The minimum Gasteiger partial charge on any atom is -0.497 e. The summed E-state index contributed by atoms with van der Waals surface area (Å²) in [7, 11) is 3.24. The fraction of sp³-hybridized carbons (Fsp3) is 0.312. The lowest BCUT2D eigenvalue weighted by atomic mass is 10.1. The number of anilines is 3. The smallest absolute Gasteiger partial charge is 0.243 e. The van der Waals surface area contributed by atoms with Gasteiger partial charge in [0.2, 0.25) is 5.91 Å². The molecule has 8 nitrogen and oxygen atoms in total. The Hall–Kier alpha value is -3.03.